The van der Waals surface area contributed by atoms with Gasteiger partial charge in [0.15, 0.2) is 11.5 Å². The molecule has 0 atom stereocenters. The maximum atomic E-state index is 5.84. The number of aryl methyl sites for hydroxylation is 1. The molecule has 0 unspecified atom stereocenters. The Morgan fingerprint density at radius 3 is 2.38 bits per heavy atom. The van der Waals surface area contributed by atoms with Crippen LogP contribution in [-0.4, -0.2) is 23.6 Å². The first-order valence-corrected chi connectivity index (χ1v) is 10.2. The normalized spacial score (nSPS) is 10.9. The van der Waals surface area contributed by atoms with E-state index in [0.717, 1.165) is 11.3 Å². The van der Waals surface area contributed by atoms with Gasteiger partial charge in [0.25, 0.3) is 0 Å². The molecule has 0 aliphatic rings. The van der Waals surface area contributed by atoms with Crippen molar-refractivity contribution in [3.8, 4) is 11.5 Å². The van der Waals surface area contributed by atoms with Crippen molar-refractivity contribution in [1.82, 2.24) is 10.3 Å². The number of nitrogens with zero attached hydrogens (tertiary/aromatic N) is 4. The fourth-order valence-corrected chi connectivity index (χ4v) is 3.10. The molecule has 0 amide bonds. The van der Waals surface area contributed by atoms with E-state index in [1.165, 1.54) is 5.56 Å². The van der Waals surface area contributed by atoms with Gasteiger partial charge in [-0.1, -0.05) is 58.8 Å². The molecule has 0 saturated carbocycles. The number of ether oxygens (including phenoxy) is 2. The van der Waals surface area contributed by atoms with Gasteiger partial charge in [0, 0.05) is 0 Å². The van der Waals surface area contributed by atoms with E-state index >= 15 is 0 Å². The van der Waals surface area contributed by atoms with E-state index in [1.807, 2.05) is 84.9 Å². The van der Waals surface area contributed by atoms with Gasteiger partial charge < -0.3 is 9.47 Å². The molecule has 162 valence electrons. The number of aromatic nitrogens is 2. The van der Waals surface area contributed by atoms with Gasteiger partial charge in [-0.15, -0.1) is 0 Å². The zero-order valence-electron chi connectivity index (χ0n) is 18.0. The highest BCUT2D eigenvalue weighted by atomic mass is 16.6. The number of hydrogen-bond acceptors (Lipinski definition) is 7. The van der Waals surface area contributed by atoms with Gasteiger partial charge in [-0.3, -0.25) is 5.01 Å². The van der Waals surface area contributed by atoms with Crippen molar-refractivity contribution in [3.63, 3.8) is 0 Å². The minimum absolute atomic E-state index is 0.248. The first-order chi connectivity index (χ1) is 15.7. The number of methoxy groups -OCH3 is 1. The lowest BCUT2D eigenvalue weighted by atomic mass is 10.2. The molecule has 0 N–H and O–H groups in total. The van der Waals surface area contributed by atoms with Crippen LogP contribution in [0.15, 0.2) is 88.6 Å². The Morgan fingerprint density at radius 2 is 1.69 bits per heavy atom. The second-order valence-corrected chi connectivity index (χ2v) is 7.12. The Hall–Kier alpha value is -4.13. The molecule has 0 saturated heterocycles. The molecular formula is C25H24N4O3. The van der Waals surface area contributed by atoms with E-state index in [9.17, 15) is 0 Å². The van der Waals surface area contributed by atoms with Crippen molar-refractivity contribution in [1.29, 1.82) is 0 Å². The average molecular weight is 428 g/mol. The quantitative estimate of drug-likeness (QED) is 0.276. The first-order valence-electron chi connectivity index (χ1n) is 10.2. The summed E-state index contributed by atoms with van der Waals surface area (Å²) in [5.74, 6) is 1.22. The third-order valence-electron chi connectivity index (χ3n) is 4.87. The lowest BCUT2D eigenvalue weighted by Crippen LogP contribution is -2.16. The third kappa shape index (κ3) is 5.31. The SMILES string of the molecule is COc1cc(/C=N/N(Cc2ccccc2)c2ccccc2)ccc1OCc1nonc1C. The van der Waals surface area contributed by atoms with Gasteiger partial charge in [-0.05, 0) is 48.4 Å². The Labute approximate surface area is 186 Å². The summed E-state index contributed by atoms with van der Waals surface area (Å²) in [6.45, 7) is 2.72. The smallest absolute Gasteiger partial charge is 0.161 e. The third-order valence-corrected chi connectivity index (χ3v) is 4.87. The van der Waals surface area contributed by atoms with E-state index in [1.54, 1.807) is 7.11 Å². The van der Waals surface area contributed by atoms with E-state index in [2.05, 4.69) is 22.4 Å². The maximum Gasteiger partial charge on any atom is 0.161 e. The predicted molar refractivity (Wildman–Crippen MR) is 123 cm³/mol. The molecule has 0 aliphatic heterocycles. The zero-order valence-corrected chi connectivity index (χ0v) is 18.0. The van der Waals surface area contributed by atoms with Gasteiger partial charge >= 0.3 is 0 Å². The largest absolute Gasteiger partial charge is 0.493 e. The Balaban J connectivity index is 1.52. The second kappa shape index (κ2) is 10.3. The van der Waals surface area contributed by atoms with Crippen molar-refractivity contribution in [2.45, 2.75) is 20.1 Å². The topological polar surface area (TPSA) is 73.0 Å². The van der Waals surface area contributed by atoms with Crippen molar-refractivity contribution >= 4 is 11.9 Å². The van der Waals surface area contributed by atoms with Crippen molar-refractivity contribution in [2.75, 3.05) is 12.1 Å². The van der Waals surface area contributed by atoms with Gasteiger partial charge in [0.05, 0.1) is 25.6 Å². The Bertz CT molecular complexity index is 1160. The first kappa shape index (κ1) is 21.1. The van der Waals surface area contributed by atoms with Crippen LogP contribution in [0.4, 0.5) is 5.69 Å². The van der Waals surface area contributed by atoms with Crippen LogP contribution in [-0.2, 0) is 13.2 Å². The van der Waals surface area contributed by atoms with Gasteiger partial charge in [-0.25, -0.2) is 4.63 Å². The summed E-state index contributed by atoms with van der Waals surface area (Å²) in [6.07, 6.45) is 1.81. The minimum Gasteiger partial charge on any atom is -0.493 e. The molecular weight excluding hydrogens is 404 g/mol. The summed E-state index contributed by atoms with van der Waals surface area (Å²) in [4.78, 5) is 0. The molecule has 4 rings (SSSR count). The van der Waals surface area contributed by atoms with E-state index < -0.39 is 0 Å². The standard InChI is InChI=1S/C25H24N4O3/c1-19-23(28-32-27-19)18-31-24-14-13-21(15-25(24)30-2)16-26-29(22-11-7-4-8-12-22)17-20-9-5-3-6-10-20/h3-16H,17-18H2,1-2H3/b26-16+. The predicted octanol–water partition coefficient (Wildman–Crippen LogP) is 5.01. The Morgan fingerprint density at radius 1 is 0.938 bits per heavy atom. The molecule has 7 nitrogen and oxygen atoms in total. The number of anilines is 1. The molecule has 1 heterocycles. The molecule has 0 aliphatic carbocycles. The van der Waals surface area contributed by atoms with Crippen LogP contribution in [0.25, 0.3) is 0 Å². The fourth-order valence-electron chi connectivity index (χ4n) is 3.10. The van der Waals surface area contributed by atoms with Crippen LogP contribution >= 0.6 is 0 Å². The average Bonchev–Trinajstić information content (AvgIpc) is 3.26. The summed E-state index contributed by atoms with van der Waals surface area (Å²) < 4.78 is 16.1. The number of hydrogen-bond donors (Lipinski definition) is 0. The summed E-state index contributed by atoms with van der Waals surface area (Å²) in [5.41, 5.74) is 4.43. The highest BCUT2D eigenvalue weighted by Crippen LogP contribution is 2.28. The molecule has 4 aromatic rings. The minimum atomic E-state index is 0.248. The monoisotopic (exact) mass is 428 g/mol. The molecule has 7 heteroatoms. The molecule has 0 spiro atoms. The summed E-state index contributed by atoms with van der Waals surface area (Å²) >= 11 is 0. The van der Waals surface area contributed by atoms with Crippen molar-refractivity contribution in [3.05, 3.63) is 101 Å². The highest BCUT2D eigenvalue weighted by Gasteiger charge is 2.10. The Kier molecular flexibility index (Phi) is 6.77. The molecule has 32 heavy (non-hydrogen) atoms. The van der Waals surface area contributed by atoms with Crippen LogP contribution in [0.5, 0.6) is 11.5 Å². The number of benzene rings is 3. The molecule has 0 bridgehead atoms. The lowest BCUT2D eigenvalue weighted by Gasteiger charge is -2.19. The maximum absolute atomic E-state index is 5.84. The molecule has 0 radical (unpaired) electrons. The summed E-state index contributed by atoms with van der Waals surface area (Å²) in [7, 11) is 1.61. The van der Waals surface area contributed by atoms with Gasteiger partial charge in [0.1, 0.15) is 18.0 Å². The summed E-state index contributed by atoms with van der Waals surface area (Å²) in [6, 6.07) is 26.0. The van der Waals surface area contributed by atoms with E-state index in [0.29, 0.717) is 29.4 Å². The summed E-state index contributed by atoms with van der Waals surface area (Å²) in [5, 5.41) is 14.3. The molecule has 3 aromatic carbocycles. The lowest BCUT2D eigenvalue weighted by molar-refractivity contribution is 0.260. The van der Waals surface area contributed by atoms with Gasteiger partial charge in [0.2, 0.25) is 0 Å². The number of para-hydroxylation sites is 1. The van der Waals surface area contributed by atoms with Crippen LogP contribution in [0, 0.1) is 6.92 Å². The van der Waals surface area contributed by atoms with Crippen molar-refractivity contribution < 1.29 is 14.1 Å². The highest BCUT2D eigenvalue weighted by molar-refractivity contribution is 5.81. The van der Waals surface area contributed by atoms with E-state index in [-0.39, 0.29) is 6.61 Å². The van der Waals surface area contributed by atoms with Crippen molar-refractivity contribution in [2.24, 2.45) is 5.10 Å². The zero-order chi connectivity index (χ0) is 22.2. The van der Waals surface area contributed by atoms with Crippen LogP contribution < -0.4 is 14.5 Å². The van der Waals surface area contributed by atoms with Crippen LogP contribution in [0.2, 0.25) is 0 Å². The van der Waals surface area contributed by atoms with Crippen LogP contribution in [0.1, 0.15) is 22.5 Å². The van der Waals surface area contributed by atoms with Crippen LogP contribution in [0.3, 0.4) is 0 Å². The molecule has 1 aromatic heterocycles. The molecule has 0 fully saturated rings. The van der Waals surface area contributed by atoms with Gasteiger partial charge in [-0.2, -0.15) is 5.10 Å². The van der Waals surface area contributed by atoms with E-state index in [4.69, 9.17) is 19.2 Å². The fraction of sp³-hybridized carbons (Fsp3) is 0.160. The second-order valence-electron chi connectivity index (χ2n) is 7.12. The number of hydrazone groups is 1. The number of rotatable bonds is 9.